The second kappa shape index (κ2) is 12.7. The molecule has 0 spiro atoms. The molecule has 3 rings (SSSR count). The maximum Gasteiger partial charge on any atom is 0.247 e. The molecule has 9 heteroatoms. The van der Waals surface area contributed by atoms with Gasteiger partial charge in [-0.2, -0.15) is 0 Å². The number of benzene rings is 2. The van der Waals surface area contributed by atoms with E-state index < -0.39 is 6.04 Å². The van der Waals surface area contributed by atoms with Crippen LogP contribution >= 0.6 is 11.3 Å². The van der Waals surface area contributed by atoms with Crippen LogP contribution in [0.5, 0.6) is 5.75 Å². The van der Waals surface area contributed by atoms with Gasteiger partial charge in [0, 0.05) is 37.0 Å². The Morgan fingerprint density at radius 2 is 1.74 bits per heavy atom. The Morgan fingerprint density at radius 3 is 2.34 bits per heavy atom. The fraction of sp³-hybridized carbons (Fsp3) is 0.308. The van der Waals surface area contributed by atoms with Crippen molar-refractivity contribution in [3.8, 4) is 5.75 Å². The third-order valence-electron chi connectivity index (χ3n) is 5.18. The third-order valence-corrected chi connectivity index (χ3v) is 5.87. The van der Waals surface area contributed by atoms with Crippen LogP contribution in [0.25, 0.3) is 0 Å². The largest absolute Gasteiger partial charge is 0.497 e. The summed E-state index contributed by atoms with van der Waals surface area (Å²) >= 11 is 1.31. The van der Waals surface area contributed by atoms with Crippen molar-refractivity contribution in [2.75, 3.05) is 12.4 Å². The van der Waals surface area contributed by atoms with Crippen molar-refractivity contribution in [2.24, 2.45) is 0 Å². The highest BCUT2D eigenvalue weighted by Gasteiger charge is 2.32. The molecule has 2 N–H and O–H groups in total. The van der Waals surface area contributed by atoms with E-state index in [1.807, 2.05) is 44.2 Å². The van der Waals surface area contributed by atoms with Gasteiger partial charge in [-0.3, -0.25) is 14.4 Å². The van der Waals surface area contributed by atoms with Crippen molar-refractivity contribution in [3.63, 3.8) is 0 Å². The van der Waals surface area contributed by atoms with Crippen LogP contribution in [-0.4, -0.2) is 40.8 Å². The Labute approximate surface area is 209 Å². The molecule has 0 fully saturated rings. The number of carbonyl (C=O) groups excluding carboxylic acids is 3. The summed E-state index contributed by atoms with van der Waals surface area (Å²) in [6.45, 7) is 3.96. The van der Waals surface area contributed by atoms with Crippen molar-refractivity contribution in [2.45, 2.75) is 45.3 Å². The van der Waals surface area contributed by atoms with Gasteiger partial charge in [-0.05, 0) is 37.1 Å². The zero-order valence-corrected chi connectivity index (χ0v) is 20.9. The number of hydrogen-bond donors (Lipinski definition) is 2. The molecule has 0 aliphatic carbocycles. The molecule has 1 aromatic heterocycles. The van der Waals surface area contributed by atoms with Crippen LogP contribution in [-0.2, 0) is 20.9 Å². The number of amides is 3. The quantitative estimate of drug-likeness (QED) is 0.417. The predicted octanol–water partition coefficient (Wildman–Crippen LogP) is 4.17. The Balaban J connectivity index is 1.88. The smallest absolute Gasteiger partial charge is 0.247 e. The molecule has 0 radical (unpaired) electrons. The van der Waals surface area contributed by atoms with Gasteiger partial charge in [0.25, 0.3) is 0 Å². The van der Waals surface area contributed by atoms with E-state index in [9.17, 15) is 14.4 Å². The first-order valence-corrected chi connectivity index (χ1v) is 12.2. The van der Waals surface area contributed by atoms with Crippen molar-refractivity contribution in [1.29, 1.82) is 0 Å². The minimum absolute atomic E-state index is 0.0230. The fourth-order valence-electron chi connectivity index (χ4n) is 3.56. The number of ether oxygens (including phenoxy) is 1. The zero-order chi connectivity index (χ0) is 25.2. The molecule has 35 heavy (non-hydrogen) atoms. The van der Waals surface area contributed by atoms with Gasteiger partial charge in [-0.15, -0.1) is 11.3 Å². The lowest BCUT2D eigenvalue weighted by Crippen LogP contribution is -2.45. The number of carbonyl (C=O) groups is 3. The number of nitrogens with one attached hydrogen (secondary N) is 2. The van der Waals surface area contributed by atoms with Crippen LogP contribution in [0.15, 0.2) is 66.2 Å². The molecular weight excluding hydrogens is 464 g/mol. The summed E-state index contributed by atoms with van der Waals surface area (Å²) < 4.78 is 5.26. The summed E-state index contributed by atoms with van der Waals surface area (Å²) in [6, 6.07) is 15.6. The van der Waals surface area contributed by atoms with Crippen LogP contribution in [0.2, 0.25) is 0 Å². The van der Waals surface area contributed by atoms with E-state index in [0.717, 1.165) is 5.56 Å². The standard InChI is InChI=1S/C26H30N4O4S/c1-18(2)28-25(33)24(20-9-11-21(34-3)12-10-20)30(17-19-7-5-4-6-8-19)23(32)14-13-22(31)29-26-27-15-16-35-26/h4-12,15-16,18,24H,13-14,17H2,1-3H3,(H,28,33)(H,27,29,31)/t24-/m1/s1. The molecule has 0 saturated heterocycles. The van der Waals surface area contributed by atoms with Gasteiger partial charge in [-0.25, -0.2) is 4.98 Å². The summed E-state index contributed by atoms with van der Waals surface area (Å²) in [5, 5.41) is 7.87. The van der Waals surface area contributed by atoms with Crippen LogP contribution in [0.1, 0.15) is 43.9 Å². The van der Waals surface area contributed by atoms with Crippen molar-refractivity contribution in [3.05, 3.63) is 77.3 Å². The summed E-state index contributed by atoms with van der Waals surface area (Å²) in [7, 11) is 1.57. The van der Waals surface area contributed by atoms with Gasteiger partial charge < -0.3 is 20.3 Å². The molecule has 0 saturated carbocycles. The monoisotopic (exact) mass is 494 g/mol. The lowest BCUT2D eigenvalue weighted by molar-refractivity contribution is -0.142. The fourth-order valence-corrected chi connectivity index (χ4v) is 4.10. The SMILES string of the molecule is COc1ccc([C@H](C(=O)NC(C)C)N(Cc2ccccc2)C(=O)CCC(=O)Nc2nccs2)cc1. The van der Waals surface area contributed by atoms with Crippen molar-refractivity contribution < 1.29 is 19.1 Å². The number of methoxy groups -OCH3 is 1. The van der Waals surface area contributed by atoms with Gasteiger partial charge in [0.05, 0.1) is 7.11 Å². The third kappa shape index (κ3) is 7.65. The van der Waals surface area contributed by atoms with Crippen LogP contribution < -0.4 is 15.4 Å². The number of anilines is 1. The molecule has 1 heterocycles. The van der Waals surface area contributed by atoms with E-state index in [1.165, 1.54) is 16.2 Å². The average Bonchev–Trinajstić information content (AvgIpc) is 3.35. The van der Waals surface area contributed by atoms with Gasteiger partial charge >= 0.3 is 0 Å². The number of aromatic nitrogens is 1. The molecule has 0 unspecified atom stereocenters. The predicted molar refractivity (Wildman–Crippen MR) is 136 cm³/mol. The minimum Gasteiger partial charge on any atom is -0.497 e. The first-order valence-electron chi connectivity index (χ1n) is 11.3. The summed E-state index contributed by atoms with van der Waals surface area (Å²) in [4.78, 5) is 44.8. The normalized spacial score (nSPS) is 11.5. The Hall–Kier alpha value is -3.72. The number of thiazole rings is 1. The highest BCUT2D eigenvalue weighted by Crippen LogP contribution is 2.27. The lowest BCUT2D eigenvalue weighted by Gasteiger charge is -2.32. The van der Waals surface area contributed by atoms with Gasteiger partial charge in [0.1, 0.15) is 11.8 Å². The molecule has 2 aromatic carbocycles. The highest BCUT2D eigenvalue weighted by atomic mass is 32.1. The van der Waals surface area contributed by atoms with Crippen LogP contribution in [0, 0.1) is 0 Å². The Bertz CT molecular complexity index is 1100. The van der Waals surface area contributed by atoms with Crippen LogP contribution in [0.3, 0.4) is 0 Å². The number of hydrogen-bond acceptors (Lipinski definition) is 6. The molecule has 8 nitrogen and oxygen atoms in total. The lowest BCUT2D eigenvalue weighted by atomic mass is 10.0. The zero-order valence-electron chi connectivity index (χ0n) is 20.1. The van der Waals surface area contributed by atoms with Crippen molar-refractivity contribution in [1.82, 2.24) is 15.2 Å². The molecule has 0 aliphatic rings. The molecule has 0 bridgehead atoms. The Kier molecular flexibility index (Phi) is 9.37. The summed E-state index contributed by atoms with van der Waals surface area (Å²) in [5.41, 5.74) is 1.53. The molecule has 3 amide bonds. The van der Waals surface area contributed by atoms with E-state index >= 15 is 0 Å². The first-order chi connectivity index (χ1) is 16.9. The molecule has 184 valence electrons. The maximum atomic E-state index is 13.5. The summed E-state index contributed by atoms with van der Waals surface area (Å²) in [6.07, 6.45) is 1.52. The van der Waals surface area contributed by atoms with Gasteiger partial charge in [0.15, 0.2) is 5.13 Å². The summed E-state index contributed by atoms with van der Waals surface area (Å²) in [5.74, 6) is -0.248. The first kappa shape index (κ1) is 25.9. The van der Waals surface area contributed by atoms with Gasteiger partial charge in [0.2, 0.25) is 17.7 Å². The maximum absolute atomic E-state index is 13.5. The van der Waals surface area contributed by atoms with Gasteiger partial charge in [-0.1, -0.05) is 42.5 Å². The van der Waals surface area contributed by atoms with Crippen LogP contribution in [0.4, 0.5) is 5.13 Å². The molecule has 3 aromatic rings. The van der Waals surface area contributed by atoms with E-state index in [4.69, 9.17) is 4.74 Å². The highest BCUT2D eigenvalue weighted by molar-refractivity contribution is 7.13. The molecule has 1 atom stereocenters. The Morgan fingerprint density at radius 1 is 1.03 bits per heavy atom. The average molecular weight is 495 g/mol. The second-order valence-corrected chi connectivity index (χ2v) is 9.13. The van der Waals surface area contributed by atoms with E-state index in [1.54, 1.807) is 43.0 Å². The van der Waals surface area contributed by atoms with E-state index in [0.29, 0.717) is 16.4 Å². The number of nitrogens with zero attached hydrogens (tertiary/aromatic N) is 2. The number of rotatable bonds is 11. The van der Waals surface area contributed by atoms with Crippen molar-refractivity contribution >= 4 is 34.2 Å². The molecular formula is C26H30N4O4S. The second-order valence-electron chi connectivity index (χ2n) is 8.23. The molecule has 0 aliphatic heterocycles. The topological polar surface area (TPSA) is 101 Å². The van der Waals surface area contributed by atoms with E-state index in [-0.39, 0.29) is 43.1 Å². The minimum atomic E-state index is -0.877. The van der Waals surface area contributed by atoms with E-state index in [2.05, 4.69) is 15.6 Å².